The quantitative estimate of drug-likeness (QED) is 0.323. The van der Waals surface area contributed by atoms with Gasteiger partial charge in [0.15, 0.2) is 0 Å². The Morgan fingerprint density at radius 3 is 2.55 bits per heavy atom. The number of rotatable bonds is 0. The summed E-state index contributed by atoms with van der Waals surface area (Å²) in [5.41, 5.74) is 2.14. The minimum atomic E-state index is -0.311. The summed E-state index contributed by atoms with van der Waals surface area (Å²) >= 11 is 6.43. The average molecular weight is 309 g/mol. The van der Waals surface area contributed by atoms with E-state index in [-0.39, 0.29) is 5.63 Å². The Bertz CT molecular complexity index is 1120. The van der Waals surface area contributed by atoms with Gasteiger partial charge in [-0.3, -0.25) is 0 Å². The fourth-order valence-electron chi connectivity index (χ4n) is 3.18. The fourth-order valence-corrected chi connectivity index (χ4v) is 3.33. The molecule has 0 saturated heterocycles. The van der Waals surface area contributed by atoms with Gasteiger partial charge in [-0.05, 0) is 47.9 Å². The van der Waals surface area contributed by atoms with E-state index in [0.29, 0.717) is 11.0 Å². The van der Waals surface area contributed by atoms with Crippen molar-refractivity contribution in [2.45, 2.75) is 13.8 Å². The Balaban J connectivity index is 2.44. The molecule has 0 spiro atoms. The lowest BCUT2D eigenvalue weighted by molar-refractivity contribution is 0.569. The Morgan fingerprint density at radius 1 is 0.955 bits per heavy atom. The van der Waals surface area contributed by atoms with Crippen molar-refractivity contribution in [3.8, 4) is 0 Å². The lowest BCUT2D eigenvalue weighted by Gasteiger charge is -2.11. The van der Waals surface area contributed by atoms with Crippen molar-refractivity contribution < 1.29 is 4.42 Å². The number of benzene rings is 3. The summed E-state index contributed by atoms with van der Waals surface area (Å²) in [6.45, 7) is 3.89. The van der Waals surface area contributed by atoms with Gasteiger partial charge in [0.05, 0.1) is 5.39 Å². The van der Waals surface area contributed by atoms with Crippen molar-refractivity contribution in [2.75, 3.05) is 0 Å². The molecular formula is C19H13ClO2. The van der Waals surface area contributed by atoms with Gasteiger partial charge in [-0.25, -0.2) is 4.79 Å². The first-order chi connectivity index (χ1) is 10.6. The maximum absolute atomic E-state index is 12.3. The van der Waals surface area contributed by atoms with Gasteiger partial charge >= 0.3 is 5.63 Å². The standard InChI is InChI=1S/C19H13ClO2/c1-10-9-15-16(11(2)18(10)20)17-13-6-4-3-5-12(13)7-8-14(17)19(21)22-15/h3-9H,1-2H3. The zero-order valence-electron chi connectivity index (χ0n) is 12.2. The van der Waals surface area contributed by atoms with Crippen LogP contribution in [0.5, 0.6) is 0 Å². The molecule has 4 aromatic rings. The molecule has 0 atom stereocenters. The lowest BCUT2D eigenvalue weighted by Crippen LogP contribution is -2.01. The second kappa shape index (κ2) is 4.59. The van der Waals surface area contributed by atoms with Crippen LogP contribution in [0.3, 0.4) is 0 Å². The molecule has 3 aromatic carbocycles. The van der Waals surface area contributed by atoms with Crippen LogP contribution in [0.2, 0.25) is 5.02 Å². The molecule has 0 bridgehead atoms. The summed E-state index contributed by atoms with van der Waals surface area (Å²) in [5.74, 6) is 0. The highest BCUT2D eigenvalue weighted by Crippen LogP contribution is 2.36. The highest BCUT2D eigenvalue weighted by molar-refractivity contribution is 6.34. The van der Waals surface area contributed by atoms with E-state index in [1.54, 1.807) is 0 Å². The minimum absolute atomic E-state index is 0.311. The first-order valence-corrected chi connectivity index (χ1v) is 7.49. The Kier molecular flexibility index (Phi) is 2.78. The molecule has 2 nitrogen and oxygen atoms in total. The highest BCUT2D eigenvalue weighted by Gasteiger charge is 2.15. The van der Waals surface area contributed by atoms with Gasteiger partial charge in [0.25, 0.3) is 0 Å². The Morgan fingerprint density at radius 2 is 1.73 bits per heavy atom. The van der Waals surface area contributed by atoms with E-state index >= 15 is 0 Å². The van der Waals surface area contributed by atoms with E-state index < -0.39 is 0 Å². The van der Waals surface area contributed by atoms with Crippen LogP contribution in [0.15, 0.2) is 51.7 Å². The molecule has 0 unspecified atom stereocenters. The number of hydrogen-bond acceptors (Lipinski definition) is 2. The molecule has 0 N–H and O–H groups in total. The molecule has 0 amide bonds. The third-order valence-corrected chi connectivity index (χ3v) is 4.83. The van der Waals surface area contributed by atoms with Crippen molar-refractivity contribution in [1.82, 2.24) is 0 Å². The van der Waals surface area contributed by atoms with Gasteiger partial charge in [-0.2, -0.15) is 0 Å². The zero-order valence-corrected chi connectivity index (χ0v) is 13.0. The van der Waals surface area contributed by atoms with E-state index in [4.69, 9.17) is 16.0 Å². The summed E-state index contributed by atoms with van der Waals surface area (Å²) in [5, 5.41) is 5.29. The predicted molar refractivity (Wildman–Crippen MR) is 92.0 cm³/mol. The maximum Gasteiger partial charge on any atom is 0.344 e. The summed E-state index contributed by atoms with van der Waals surface area (Å²) in [6, 6.07) is 13.7. The van der Waals surface area contributed by atoms with Crippen molar-refractivity contribution in [2.24, 2.45) is 0 Å². The second-order valence-corrected chi connectivity index (χ2v) is 5.98. The predicted octanol–water partition coefficient (Wildman–Crippen LogP) is 5.37. The number of halogens is 1. The fraction of sp³-hybridized carbons (Fsp3) is 0.105. The van der Waals surface area contributed by atoms with Crippen molar-refractivity contribution >= 4 is 44.1 Å². The largest absolute Gasteiger partial charge is 0.422 e. The van der Waals surface area contributed by atoms with Crippen LogP contribution < -0.4 is 5.63 Å². The maximum atomic E-state index is 12.3. The van der Waals surface area contributed by atoms with Gasteiger partial charge < -0.3 is 4.42 Å². The summed E-state index contributed by atoms with van der Waals surface area (Å²) < 4.78 is 5.53. The van der Waals surface area contributed by atoms with E-state index in [0.717, 1.165) is 37.7 Å². The molecule has 1 heterocycles. The molecule has 4 rings (SSSR count). The average Bonchev–Trinajstić information content (AvgIpc) is 2.52. The number of fused-ring (bicyclic) bond motifs is 5. The van der Waals surface area contributed by atoms with Crippen LogP contribution in [0.4, 0.5) is 0 Å². The normalized spacial score (nSPS) is 11.6. The molecule has 1 aromatic heterocycles. The highest BCUT2D eigenvalue weighted by atomic mass is 35.5. The zero-order chi connectivity index (χ0) is 15.4. The van der Waals surface area contributed by atoms with E-state index in [1.807, 2.05) is 56.3 Å². The molecular weight excluding hydrogens is 296 g/mol. The molecule has 0 saturated carbocycles. The Hall–Kier alpha value is -2.32. The molecule has 108 valence electrons. The molecule has 0 fully saturated rings. The van der Waals surface area contributed by atoms with Crippen LogP contribution in [-0.4, -0.2) is 0 Å². The first-order valence-electron chi connectivity index (χ1n) is 7.12. The third kappa shape index (κ3) is 1.71. The van der Waals surface area contributed by atoms with Gasteiger partial charge in [0.1, 0.15) is 5.58 Å². The first kappa shape index (κ1) is 13.4. The summed E-state index contributed by atoms with van der Waals surface area (Å²) in [7, 11) is 0. The number of aryl methyl sites for hydroxylation is 2. The third-order valence-electron chi connectivity index (χ3n) is 4.25. The lowest BCUT2D eigenvalue weighted by atomic mass is 9.96. The molecule has 0 aliphatic heterocycles. The van der Waals surface area contributed by atoms with Gasteiger partial charge in [-0.15, -0.1) is 0 Å². The molecule has 0 radical (unpaired) electrons. The van der Waals surface area contributed by atoms with Crippen LogP contribution in [-0.2, 0) is 0 Å². The van der Waals surface area contributed by atoms with Crippen LogP contribution in [0.1, 0.15) is 11.1 Å². The van der Waals surface area contributed by atoms with Gasteiger partial charge in [0, 0.05) is 15.8 Å². The molecule has 0 aliphatic rings. The van der Waals surface area contributed by atoms with Crippen molar-refractivity contribution in [3.05, 3.63) is 69.0 Å². The number of hydrogen-bond donors (Lipinski definition) is 0. The van der Waals surface area contributed by atoms with E-state index in [1.165, 1.54) is 0 Å². The Labute approximate surface area is 131 Å². The van der Waals surface area contributed by atoms with Crippen LogP contribution >= 0.6 is 11.6 Å². The topological polar surface area (TPSA) is 30.2 Å². The van der Waals surface area contributed by atoms with Gasteiger partial charge in [-0.1, -0.05) is 41.9 Å². The van der Waals surface area contributed by atoms with E-state index in [9.17, 15) is 4.79 Å². The van der Waals surface area contributed by atoms with Crippen LogP contribution in [0.25, 0.3) is 32.5 Å². The van der Waals surface area contributed by atoms with Crippen LogP contribution in [0, 0.1) is 13.8 Å². The van der Waals surface area contributed by atoms with Crippen molar-refractivity contribution in [1.29, 1.82) is 0 Å². The van der Waals surface area contributed by atoms with E-state index in [2.05, 4.69) is 0 Å². The van der Waals surface area contributed by atoms with Gasteiger partial charge in [0.2, 0.25) is 0 Å². The SMILES string of the molecule is Cc1cc2oc(=O)c3ccc4ccccc4c3c2c(C)c1Cl. The molecule has 0 aliphatic carbocycles. The molecule has 3 heteroatoms. The molecule has 22 heavy (non-hydrogen) atoms. The summed E-state index contributed by atoms with van der Waals surface area (Å²) in [6.07, 6.45) is 0. The summed E-state index contributed by atoms with van der Waals surface area (Å²) in [4.78, 5) is 12.3. The van der Waals surface area contributed by atoms with Crippen molar-refractivity contribution in [3.63, 3.8) is 0 Å². The monoisotopic (exact) mass is 308 g/mol. The smallest absolute Gasteiger partial charge is 0.344 e. The second-order valence-electron chi connectivity index (χ2n) is 5.60. The minimum Gasteiger partial charge on any atom is -0.422 e.